The van der Waals surface area contributed by atoms with Crippen molar-refractivity contribution in [3.05, 3.63) is 75.2 Å². The maximum Gasteiger partial charge on any atom is 0.345 e. The van der Waals surface area contributed by atoms with Crippen LogP contribution in [0.25, 0.3) is 11.3 Å². The fourth-order valence-electron chi connectivity index (χ4n) is 4.97. The number of nitrogens with two attached hydrogens (primary N) is 1. The molecule has 1 amide bonds. The summed E-state index contributed by atoms with van der Waals surface area (Å²) < 4.78 is 25.2. The first kappa shape index (κ1) is 26.1. The Morgan fingerprint density at radius 3 is 2.25 bits per heavy atom. The lowest BCUT2D eigenvalue weighted by atomic mass is 9.69. The molecule has 4 rings (SSSR count). The van der Waals surface area contributed by atoms with Gasteiger partial charge in [0.25, 0.3) is 5.91 Å². The normalized spacial score (nSPS) is 22.0. The molecule has 1 aliphatic carbocycles. The van der Waals surface area contributed by atoms with Crippen molar-refractivity contribution in [3.8, 4) is 11.3 Å². The Kier molecular flexibility index (Phi) is 7.14. The van der Waals surface area contributed by atoms with Crippen molar-refractivity contribution in [2.45, 2.75) is 43.7 Å². The zero-order valence-electron chi connectivity index (χ0n) is 20.1. The third-order valence-corrected chi connectivity index (χ3v) is 7.74. The summed E-state index contributed by atoms with van der Waals surface area (Å²) in [6.07, 6.45) is 1.11. The number of rotatable bonds is 6. The molecule has 3 aromatic rings. The van der Waals surface area contributed by atoms with Crippen molar-refractivity contribution in [1.29, 1.82) is 0 Å². The second-order valence-electron chi connectivity index (χ2n) is 9.24. The van der Waals surface area contributed by atoms with Gasteiger partial charge in [-0.05, 0) is 76.5 Å². The topological polar surface area (TPSA) is 98.7 Å². The molecule has 0 aliphatic heterocycles. The highest BCUT2D eigenvalue weighted by atomic mass is 35.5. The highest BCUT2D eigenvalue weighted by molar-refractivity contribution is 6.39. The van der Waals surface area contributed by atoms with Gasteiger partial charge in [-0.15, -0.1) is 0 Å². The molecule has 190 valence electrons. The van der Waals surface area contributed by atoms with E-state index >= 15 is 0 Å². The van der Waals surface area contributed by atoms with Crippen LogP contribution in [0.2, 0.25) is 10.0 Å². The van der Waals surface area contributed by atoms with Crippen molar-refractivity contribution in [2.24, 2.45) is 5.73 Å². The molecule has 0 radical (unpaired) electrons. The SMILES string of the molecule is Cc1onc(-c2c(Cl)cccc2Cl)c1C(=O)OC1(C(N)=O)CCC(c2cccc(F)c2)(N(C)C)CC1. The Morgan fingerprint density at radius 1 is 1.08 bits per heavy atom. The average molecular weight is 534 g/mol. The van der Waals surface area contributed by atoms with Crippen molar-refractivity contribution < 1.29 is 23.2 Å². The van der Waals surface area contributed by atoms with Gasteiger partial charge >= 0.3 is 5.97 Å². The van der Waals surface area contributed by atoms with Crippen molar-refractivity contribution in [3.63, 3.8) is 0 Å². The molecule has 1 saturated carbocycles. The van der Waals surface area contributed by atoms with Crippen LogP contribution in [0, 0.1) is 12.7 Å². The zero-order chi connectivity index (χ0) is 26.3. The van der Waals surface area contributed by atoms with E-state index in [1.807, 2.05) is 25.1 Å². The zero-order valence-corrected chi connectivity index (χ0v) is 21.6. The van der Waals surface area contributed by atoms with Gasteiger partial charge in [0.05, 0.1) is 10.0 Å². The highest BCUT2D eigenvalue weighted by Crippen LogP contribution is 2.47. The Balaban J connectivity index is 1.66. The predicted molar refractivity (Wildman–Crippen MR) is 134 cm³/mol. The number of nitrogens with zero attached hydrogens (tertiary/aromatic N) is 2. The lowest BCUT2D eigenvalue weighted by Crippen LogP contribution is -2.55. The molecule has 2 aromatic carbocycles. The van der Waals surface area contributed by atoms with Crippen LogP contribution in [0.3, 0.4) is 0 Å². The molecule has 0 atom stereocenters. The number of carbonyl (C=O) groups is 2. The van der Waals surface area contributed by atoms with Gasteiger partial charge in [0.1, 0.15) is 22.8 Å². The van der Waals surface area contributed by atoms with Gasteiger partial charge in [-0.1, -0.05) is 46.6 Å². The lowest BCUT2D eigenvalue weighted by molar-refractivity contribution is -0.144. The summed E-state index contributed by atoms with van der Waals surface area (Å²) in [5.41, 5.74) is 4.91. The number of benzene rings is 2. The van der Waals surface area contributed by atoms with Crippen LogP contribution >= 0.6 is 23.2 Å². The number of ether oxygens (including phenoxy) is 1. The van der Waals surface area contributed by atoms with E-state index in [-0.39, 0.29) is 45.7 Å². The number of hydrogen-bond acceptors (Lipinski definition) is 6. The summed E-state index contributed by atoms with van der Waals surface area (Å²) in [5, 5.41) is 4.53. The quantitative estimate of drug-likeness (QED) is 0.419. The second kappa shape index (κ2) is 9.84. The summed E-state index contributed by atoms with van der Waals surface area (Å²) in [4.78, 5) is 28.1. The van der Waals surface area contributed by atoms with Crippen LogP contribution in [0.15, 0.2) is 47.0 Å². The predicted octanol–water partition coefficient (Wildman–Crippen LogP) is 5.51. The number of aryl methyl sites for hydroxylation is 1. The third-order valence-electron chi connectivity index (χ3n) is 7.11. The maximum atomic E-state index is 14.0. The number of halogens is 3. The summed E-state index contributed by atoms with van der Waals surface area (Å²) in [6.45, 7) is 1.55. The fraction of sp³-hybridized carbons (Fsp3) is 0.346. The number of hydrogen-bond donors (Lipinski definition) is 1. The second-order valence-corrected chi connectivity index (χ2v) is 10.1. The standard InChI is InChI=1S/C26H26Cl2FN3O4/c1-15-20(22(31-36-15)21-18(27)8-5-9-19(21)28)23(33)35-26(24(30)34)12-10-25(11-13-26,32(2)3)16-6-4-7-17(29)14-16/h4-9,14H,10-13H2,1-3H3,(H2,30,34). The van der Waals surface area contributed by atoms with E-state index in [1.165, 1.54) is 12.1 Å². The van der Waals surface area contributed by atoms with Gasteiger partial charge in [0.15, 0.2) is 5.60 Å². The molecular formula is C26H26Cl2FN3O4. The Labute approximate surface area is 218 Å². The number of esters is 1. The van der Waals surface area contributed by atoms with Crippen LogP contribution in [-0.2, 0) is 15.1 Å². The van der Waals surface area contributed by atoms with Crippen LogP contribution in [-0.4, -0.2) is 41.6 Å². The largest absolute Gasteiger partial charge is 0.445 e. The minimum atomic E-state index is -1.56. The van der Waals surface area contributed by atoms with E-state index in [9.17, 15) is 14.0 Å². The number of carbonyl (C=O) groups excluding carboxylic acids is 2. The third kappa shape index (κ3) is 4.49. The monoisotopic (exact) mass is 533 g/mol. The molecule has 7 nitrogen and oxygen atoms in total. The Hall–Kier alpha value is -2.94. The molecule has 2 N–H and O–H groups in total. The molecule has 10 heteroatoms. The van der Waals surface area contributed by atoms with Gasteiger partial charge in [0.2, 0.25) is 0 Å². The van der Waals surface area contributed by atoms with E-state index in [4.69, 9.17) is 38.2 Å². The first-order chi connectivity index (χ1) is 17.0. The molecular weight excluding hydrogens is 508 g/mol. The fourth-order valence-corrected chi connectivity index (χ4v) is 5.55. The first-order valence-corrected chi connectivity index (χ1v) is 12.1. The van der Waals surface area contributed by atoms with Crippen LogP contribution in [0.5, 0.6) is 0 Å². The van der Waals surface area contributed by atoms with Gasteiger partial charge in [-0.2, -0.15) is 0 Å². The molecule has 1 fully saturated rings. The molecule has 0 bridgehead atoms. The summed E-state index contributed by atoms with van der Waals surface area (Å²) in [6, 6.07) is 11.3. The van der Waals surface area contributed by atoms with E-state index in [2.05, 4.69) is 5.16 Å². The summed E-state index contributed by atoms with van der Waals surface area (Å²) >= 11 is 12.7. The van der Waals surface area contributed by atoms with E-state index in [0.717, 1.165) is 5.56 Å². The Bertz CT molecular complexity index is 1300. The molecule has 0 unspecified atom stereocenters. The van der Waals surface area contributed by atoms with Gasteiger partial charge in [0, 0.05) is 11.1 Å². The van der Waals surface area contributed by atoms with Crippen LogP contribution in [0.1, 0.15) is 47.4 Å². The summed E-state index contributed by atoms with van der Waals surface area (Å²) in [7, 11) is 3.79. The van der Waals surface area contributed by atoms with Gasteiger partial charge in [-0.25, -0.2) is 9.18 Å². The molecule has 0 saturated heterocycles. The number of amides is 1. The molecule has 1 aromatic heterocycles. The van der Waals surface area contributed by atoms with Gasteiger partial charge < -0.3 is 15.0 Å². The van der Waals surface area contributed by atoms with E-state index in [1.54, 1.807) is 31.2 Å². The minimum Gasteiger partial charge on any atom is -0.445 e. The molecule has 0 spiro atoms. The van der Waals surface area contributed by atoms with E-state index in [0.29, 0.717) is 18.4 Å². The highest BCUT2D eigenvalue weighted by Gasteiger charge is 2.51. The van der Waals surface area contributed by atoms with Crippen LogP contribution in [0.4, 0.5) is 4.39 Å². The van der Waals surface area contributed by atoms with E-state index < -0.39 is 23.0 Å². The number of aromatic nitrogens is 1. The molecule has 1 heterocycles. The Morgan fingerprint density at radius 2 is 1.69 bits per heavy atom. The average Bonchev–Trinajstić information content (AvgIpc) is 3.20. The molecule has 36 heavy (non-hydrogen) atoms. The van der Waals surface area contributed by atoms with Crippen LogP contribution < -0.4 is 5.73 Å². The smallest absolute Gasteiger partial charge is 0.345 e. The summed E-state index contributed by atoms with van der Waals surface area (Å²) in [5.74, 6) is -1.74. The van der Waals surface area contributed by atoms with Crippen molar-refractivity contribution in [1.82, 2.24) is 10.1 Å². The minimum absolute atomic E-state index is 0.0141. The number of primary amides is 1. The van der Waals surface area contributed by atoms with Crippen molar-refractivity contribution in [2.75, 3.05) is 14.1 Å². The maximum absolute atomic E-state index is 14.0. The van der Waals surface area contributed by atoms with Gasteiger partial charge in [-0.3, -0.25) is 9.69 Å². The molecule has 1 aliphatic rings. The lowest BCUT2D eigenvalue weighted by Gasteiger charge is -2.48. The first-order valence-electron chi connectivity index (χ1n) is 11.4. The van der Waals surface area contributed by atoms with Crippen molar-refractivity contribution >= 4 is 35.1 Å².